The number of rotatable bonds is 8. The van der Waals surface area contributed by atoms with Crippen molar-refractivity contribution in [1.82, 2.24) is 5.48 Å². The first-order chi connectivity index (χ1) is 6.31. The average Bonchev–Trinajstić information content (AvgIpc) is 2.13. The van der Waals surface area contributed by atoms with Crippen molar-refractivity contribution in [3.63, 3.8) is 0 Å². The lowest BCUT2D eigenvalue weighted by Gasteiger charge is -2.04. The molecule has 0 spiro atoms. The van der Waals surface area contributed by atoms with Crippen molar-refractivity contribution in [2.45, 2.75) is 13.3 Å². The minimum Gasteiger partial charge on any atom is -0.382 e. The number of amides is 1. The van der Waals surface area contributed by atoms with Crippen molar-refractivity contribution in [3.05, 3.63) is 0 Å². The zero-order valence-electron chi connectivity index (χ0n) is 8.17. The number of carbonyl (C=O) groups is 1. The first kappa shape index (κ1) is 12.3. The van der Waals surface area contributed by atoms with E-state index < -0.39 is 0 Å². The van der Waals surface area contributed by atoms with E-state index in [9.17, 15) is 4.79 Å². The molecule has 0 unspecified atom stereocenters. The molecule has 0 rings (SSSR count). The minimum atomic E-state index is -0.176. The second kappa shape index (κ2) is 9.44. The highest BCUT2D eigenvalue weighted by atomic mass is 16.7. The Kier molecular flexibility index (Phi) is 8.97. The van der Waals surface area contributed by atoms with Crippen LogP contribution < -0.4 is 5.48 Å². The number of carbonyl (C=O) groups excluding carboxylic acids is 1. The summed E-state index contributed by atoms with van der Waals surface area (Å²) < 4.78 is 9.71. The third-order valence-corrected chi connectivity index (χ3v) is 1.25. The summed E-state index contributed by atoms with van der Waals surface area (Å²) in [5, 5.41) is 0. The molecule has 0 atom stereocenters. The molecule has 5 heteroatoms. The quantitative estimate of drug-likeness (QED) is 0.437. The molecule has 0 aliphatic heterocycles. The molecule has 0 saturated heterocycles. The van der Waals surface area contributed by atoms with Crippen LogP contribution in [0.4, 0.5) is 0 Å². The van der Waals surface area contributed by atoms with Crippen molar-refractivity contribution in [1.29, 1.82) is 0 Å². The van der Waals surface area contributed by atoms with Crippen LogP contribution in [0.5, 0.6) is 0 Å². The van der Waals surface area contributed by atoms with E-state index in [1.54, 1.807) is 7.11 Å². The lowest BCUT2D eigenvalue weighted by molar-refractivity contribution is -0.135. The van der Waals surface area contributed by atoms with E-state index in [1.165, 1.54) is 0 Å². The first-order valence-corrected chi connectivity index (χ1v) is 4.28. The molecule has 0 saturated carbocycles. The molecule has 0 bridgehead atoms. The Morgan fingerprint density at radius 1 is 1.31 bits per heavy atom. The topological polar surface area (TPSA) is 56.8 Å². The number of nitrogens with one attached hydrogen (secondary N) is 1. The maximum atomic E-state index is 10.9. The number of hydroxylamine groups is 1. The predicted molar refractivity (Wildman–Crippen MR) is 47.1 cm³/mol. The van der Waals surface area contributed by atoms with Gasteiger partial charge in [-0.2, -0.15) is 0 Å². The van der Waals surface area contributed by atoms with Gasteiger partial charge >= 0.3 is 0 Å². The Bertz CT molecular complexity index is 129. The number of methoxy groups -OCH3 is 1. The standard InChI is InChI=1S/C8H17NO4/c1-3-12-5-4-8(10)9-13-7-6-11-2/h3-7H2,1-2H3,(H,9,10). The lowest BCUT2D eigenvalue weighted by atomic mass is 10.4. The van der Waals surface area contributed by atoms with Gasteiger partial charge < -0.3 is 9.47 Å². The molecule has 1 N–H and O–H groups in total. The van der Waals surface area contributed by atoms with Crippen LogP contribution in [0.1, 0.15) is 13.3 Å². The maximum absolute atomic E-state index is 10.9. The zero-order valence-corrected chi connectivity index (χ0v) is 8.17. The van der Waals surface area contributed by atoms with E-state index in [1.807, 2.05) is 6.92 Å². The Balaban J connectivity index is 3.11. The molecular weight excluding hydrogens is 174 g/mol. The van der Waals surface area contributed by atoms with Crippen molar-refractivity contribution in [2.75, 3.05) is 33.5 Å². The smallest absolute Gasteiger partial charge is 0.245 e. The monoisotopic (exact) mass is 191 g/mol. The molecule has 13 heavy (non-hydrogen) atoms. The van der Waals surface area contributed by atoms with Gasteiger partial charge in [-0.3, -0.25) is 9.63 Å². The molecule has 0 aliphatic carbocycles. The normalized spacial score (nSPS) is 10.0. The van der Waals surface area contributed by atoms with E-state index in [-0.39, 0.29) is 5.91 Å². The fourth-order valence-corrected chi connectivity index (χ4v) is 0.617. The van der Waals surface area contributed by atoms with Crippen LogP contribution in [0.3, 0.4) is 0 Å². The van der Waals surface area contributed by atoms with Gasteiger partial charge in [0.05, 0.1) is 26.2 Å². The van der Waals surface area contributed by atoms with Gasteiger partial charge in [-0.25, -0.2) is 5.48 Å². The van der Waals surface area contributed by atoms with Gasteiger partial charge in [0.2, 0.25) is 5.91 Å². The Labute approximate surface area is 78.3 Å². The number of ether oxygens (including phenoxy) is 2. The van der Waals surface area contributed by atoms with Crippen LogP contribution in [0, 0.1) is 0 Å². The Morgan fingerprint density at radius 3 is 2.69 bits per heavy atom. The average molecular weight is 191 g/mol. The largest absolute Gasteiger partial charge is 0.382 e. The third kappa shape index (κ3) is 9.26. The lowest BCUT2D eigenvalue weighted by Crippen LogP contribution is -2.26. The van der Waals surface area contributed by atoms with Gasteiger partial charge in [0, 0.05) is 13.7 Å². The molecule has 1 amide bonds. The summed E-state index contributed by atoms with van der Waals surface area (Å²) in [7, 11) is 1.57. The molecule has 0 aliphatic rings. The van der Waals surface area contributed by atoms with Gasteiger partial charge in [-0.15, -0.1) is 0 Å². The van der Waals surface area contributed by atoms with E-state index in [4.69, 9.17) is 14.3 Å². The highest BCUT2D eigenvalue weighted by molar-refractivity contribution is 5.74. The molecule has 0 aromatic carbocycles. The van der Waals surface area contributed by atoms with E-state index in [0.29, 0.717) is 32.8 Å². The predicted octanol–water partition coefficient (Wildman–Crippen LogP) is 0.107. The fraction of sp³-hybridized carbons (Fsp3) is 0.875. The zero-order chi connectivity index (χ0) is 9.94. The van der Waals surface area contributed by atoms with Gasteiger partial charge in [0.1, 0.15) is 0 Å². The summed E-state index contributed by atoms with van der Waals surface area (Å²) in [5.41, 5.74) is 2.28. The number of hydrogen-bond donors (Lipinski definition) is 1. The van der Waals surface area contributed by atoms with Crippen molar-refractivity contribution in [2.24, 2.45) is 0 Å². The van der Waals surface area contributed by atoms with Crippen molar-refractivity contribution >= 4 is 5.91 Å². The van der Waals surface area contributed by atoms with E-state index in [2.05, 4.69) is 5.48 Å². The third-order valence-electron chi connectivity index (χ3n) is 1.25. The van der Waals surface area contributed by atoms with Crippen LogP contribution in [0.15, 0.2) is 0 Å². The summed E-state index contributed by atoms with van der Waals surface area (Å²) in [5.74, 6) is -0.176. The molecule has 78 valence electrons. The summed E-state index contributed by atoms with van der Waals surface area (Å²) in [6.45, 7) is 3.75. The van der Waals surface area contributed by atoms with Crippen molar-refractivity contribution in [3.8, 4) is 0 Å². The summed E-state index contributed by atoms with van der Waals surface area (Å²) in [6, 6.07) is 0. The van der Waals surface area contributed by atoms with Gasteiger partial charge in [-0.1, -0.05) is 0 Å². The second-order valence-electron chi connectivity index (χ2n) is 2.31. The Hall–Kier alpha value is -0.650. The molecule has 0 radical (unpaired) electrons. The number of hydrogen-bond acceptors (Lipinski definition) is 4. The summed E-state index contributed by atoms with van der Waals surface area (Å²) >= 11 is 0. The Morgan fingerprint density at radius 2 is 2.08 bits per heavy atom. The highest BCUT2D eigenvalue weighted by Gasteiger charge is 1.99. The van der Waals surface area contributed by atoms with Crippen molar-refractivity contribution < 1.29 is 19.1 Å². The van der Waals surface area contributed by atoms with Crippen LogP contribution in [0.25, 0.3) is 0 Å². The van der Waals surface area contributed by atoms with Gasteiger partial charge in [0.25, 0.3) is 0 Å². The van der Waals surface area contributed by atoms with Gasteiger partial charge in [-0.05, 0) is 6.92 Å². The molecule has 0 fully saturated rings. The van der Waals surface area contributed by atoms with E-state index in [0.717, 1.165) is 0 Å². The van der Waals surface area contributed by atoms with Gasteiger partial charge in [0.15, 0.2) is 0 Å². The molecule has 0 aromatic rings. The van der Waals surface area contributed by atoms with Crippen LogP contribution in [-0.4, -0.2) is 39.4 Å². The second-order valence-corrected chi connectivity index (χ2v) is 2.31. The fourth-order valence-electron chi connectivity index (χ4n) is 0.617. The summed E-state index contributed by atoms with van der Waals surface area (Å²) in [6.07, 6.45) is 0.320. The molecule has 0 heterocycles. The van der Waals surface area contributed by atoms with Crippen LogP contribution >= 0.6 is 0 Å². The maximum Gasteiger partial charge on any atom is 0.245 e. The van der Waals surface area contributed by atoms with Crippen LogP contribution in [0.2, 0.25) is 0 Å². The van der Waals surface area contributed by atoms with Crippen LogP contribution in [-0.2, 0) is 19.1 Å². The minimum absolute atomic E-state index is 0.176. The highest BCUT2D eigenvalue weighted by Crippen LogP contribution is 1.82. The molecular formula is C8H17NO4. The van der Waals surface area contributed by atoms with E-state index >= 15 is 0 Å². The summed E-state index contributed by atoms with van der Waals surface area (Å²) in [4.78, 5) is 15.7. The SMILES string of the molecule is CCOCCC(=O)NOCCOC. The molecule has 5 nitrogen and oxygen atoms in total. The first-order valence-electron chi connectivity index (χ1n) is 4.28. The molecule has 0 aromatic heterocycles.